The van der Waals surface area contributed by atoms with E-state index in [0.717, 1.165) is 30.5 Å². The number of sulfonamides is 1. The highest BCUT2D eigenvalue weighted by Crippen LogP contribution is 2.40. The van der Waals surface area contributed by atoms with Gasteiger partial charge in [0.15, 0.2) is 0 Å². The number of halogens is 7. The van der Waals surface area contributed by atoms with E-state index < -0.39 is 46.2 Å². The Hall–Kier alpha value is -3.81. The third-order valence-electron chi connectivity index (χ3n) is 6.16. The van der Waals surface area contributed by atoms with Crippen molar-refractivity contribution in [3.05, 3.63) is 119 Å². The van der Waals surface area contributed by atoms with Crippen LogP contribution in [0.5, 0.6) is 11.5 Å². The van der Waals surface area contributed by atoms with Gasteiger partial charge in [-0.05, 0) is 59.5 Å². The second kappa shape index (κ2) is 12.2. The van der Waals surface area contributed by atoms with Crippen LogP contribution in [0, 0.1) is 0 Å². The van der Waals surface area contributed by atoms with E-state index in [1.807, 2.05) is 0 Å². The maximum Gasteiger partial charge on any atom is 0.573 e. The van der Waals surface area contributed by atoms with Crippen LogP contribution in [0.25, 0.3) is 0 Å². The molecule has 4 aromatic rings. The molecule has 0 amide bonds. The highest BCUT2D eigenvalue weighted by atomic mass is 35.5. The Morgan fingerprint density at radius 3 is 1.76 bits per heavy atom. The molecule has 42 heavy (non-hydrogen) atoms. The molecule has 0 unspecified atom stereocenters. The van der Waals surface area contributed by atoms with E-state index in [1.54, 1.807) is 30.3 Å². The Balaban J connectivity index is 1.91. The van der Waals surface area contributed by atoms with Crippen molar-refractivity contribution in [2.24, 2.45) is 0 Å². The highest BCUT2D eigenvalue weighted by molar-refractivity contribution is 7.89. The maximum atomic E-state index is 13.3. The summed E-state index contributed by atoms with van der Waals surface area (Å²) in [5.74, 6) is -1.21. The van der Waals surface area contributed by atoms with Gasteiger partial charge in [-0.3, -0.25) is 0 Å². The van der Waals surface area contributed by atoms with Crippen molar-refractivity contribution < 1.29 is 44.2 Å². The summed E-state index contributed by atoms with van der Waals surface area (Å²) in [4.78, 5) is 3.51. The summed E-state index contributed by atoms with van der Waals surface area (Å²) in [6.07, 6.45) is -9.12. The zero-order valence-electron chi connectivity index (χ0n) is 21.3. The molecule has 0 spiro atoms. The van der Waals surface area contributed by atoms with Crippen LogP contribution < -0.4 is 14.2 Å². The molecule has 0 saturated heterocycles. The lowest BCUT2D eigenvalue weighted by Crippen LogP contribution is -2.43. The molecule has 14 heteroatoms. The van der Waals surface area contributed by atoms with Crippen LogP contribution in [0.3, 0.4) is 0 Å². The van der Waals surface area contributed by atoms with Crippen molar-refractivity contribution >= 4 is 21.6 Å². The van der Waals surface area contributed by atoms with Gasteiger partial charge < -0.3 is 9.47 Å². The van der Waals surface area contributed by atoms with Crippen LogP contribution in [-0.2, 0) is 21.9 Å². The SMILES string of the molecule is O=S(=O)(NCC(Cc1ccccc1)(c1cccc(OC(F)(F)F)c1)c1cccc(OC(F)(F)F)c1)c1ccc(Cl)nc1. The highest BCUT2D eigenvalue weighted by Gasteiger charge is 2.39. The van der Waals surface area contributed by atoms with Gasteiger partial charge in [0.1, 0.15) is 21.5 Å². The van der Waals surface area contributed by atoms with E-state index in [0.29, 0.717) is 5.56 Å². The fourth-order valence-corrected chi connectivity index (χ4v) is 5.54. The summed E-state index contributed by atoms with van der Waals surface area (Å²) in [6, 6.07) is 20.6. The minimum atomic E-state index is -5.04. The summed E-state index contributed by atoms with van der Waals surface area (Å²) >= 11 is 5.77. The van der Waals surface area contributed by atoms with Crippen LogP contribution in [0.1, 0.15) is 16.7 Å². The van der Waals surface area contributed by atoms with Crippen LogP contribution in [-0.4, -0.2) is 32.7 Å². The topological polar surface area (TPSA) is 77.5 Å². The monoisotopic (exact) mass is 630 g/mol. The van der Waals surface area contributed by atoms with Crippen molar-refractivity contribution in [2.45, 2.75) is 29.5 Å². The molecular formula is C28H21ClF6N2O4S. The van der Waals surface area contributed by atoms with E-state index in [-0.39, 0.29) is 27.6 Å². The average molecular weight is 631 g/mol. The van der Waals surface area contributed by atoms with Gasteiger partial charge in [-0.1, -0.05) is 66.2 Å². The van der Waals surface area contributed by atoms with Crippen molar-refractivity contribution in [1.29, 1.82) is 0 Å². The minimum absolute atomic E-state index is 0.0373. The molecule has 4 rings (SSSR count). The summed E-state index contributed by atoms with van der Waals surface area (Å²) in [5, 5.41) is 0.0373. The molecular weight excluding hydrogens is 610 g/mol. The van der Waals surface area contributed by atoms with Crippen LogP contribution in [0.2, 0.25) is 5.15 Å². The molecule has 0 atom stereocenters. The van der Waals surface area contributed by atoms with Gasteiger partial charge >= 0.3 is 12.7 Å². The fourth-order valence-electron chi connectivity index (χ4n) is 4.39. The van der Waals surface area contributed by atoms with Gasteiger partial charge in [0.2, 0.25) is 10.0 Å². The predicted octanol–water partition coefficient (Wildman–Crippen LogP) is 7.04. The molecule has 0 bridgehead atoms. The van der Waals surface area contributed by atoms with Gasteiger partial charge in [-0.2, -0.15) is 0 Å². The van der Waals surface area contributed by atoms with Crippen molar-refractivity contribution in [3.8, 4) is 11.5 Å². The Bertz CT molecular complexity index is 1560. The zero-order chi connectivity index (χ0) is 30.6. The number of pyridine rings is 1. The van der Waals surface area contributed by atoms with Gasteiger partial charge in [0, 0.05) is 18.2 Å². The van der Waals surface area contributed by atoms with Crippen LogP contribution in [0.4, 0.5) is 26.3 Å². The number of hydrogen-bond donors (Lipinski definition) is 1. The number of aromatic nitrogens is 1. The first kappa shape index (κ1) is 31.1. The Labute approximate surface area is 241 Å². The van der Waals surface area contributed by atoms with Crippen molar-refractivity contribution in [1.82, 2.24) is 9.71 Å². The fraction of sp³-hybridized carbons (Fsp3) is 0.179. The summed E-state index contributed by atoms with van der Waals surface area (Å²) < 4.78 is 116. The standard InChI is InChI=1S/C28H21ClF6N2O4S/c29-25-13-12-24(17-36-25)42(38,39)37-18-26(16-19-6-2-1-3-7-19,20-8-4-10-22(14-20)40-27(30,31)32)21-9-5-11-23(15-21)41-28(33,34)35/h1-15,17,37H,16,18H2. The predicted molar refractivity (Wildman–Crippen MR) is 142 cm³/mol. The van der Waals surface area contributed by atoms with E-state index in [2.05, 4.69) is 19.2 Å². The summed E-state index contributed by atoms with van der Waals surface area (Å²) in [6.45, 7) is -0.502. The van der Waals surface area contributed by atoms with Gasteiger partial charge in [0.05, 0.1) is 0 Å². The zero-order valence-corrected chi connectivity index (χ0v) is 22.9. The molecule has 3 aromatic carbocycles. The third kappa shape index (κ3) is 8.14. The number of alkyl halides is 6. The molecule has 0 fully saturated rings. The first-order chi connectivity index (χ1) is 19.7. The molecule has 1 aromatic heterocycles. The lowest BCUT2D eigenvalue weighted by Gasteiger charge is -2.36. The first-order valence-electron chi connectivity index (χ1n) is 12.0. The minimum Gasteiger partial charge on any atom is -0.406 e. The quantitative estimate of drug-likeness (QED) is 0.150. The number of nitrogens with zero attached hydrogens (tertiary/aromatic N) is 1. The van der Waals surface area contributed by atoms with E-state index in [1.165, 1.54) is 36.4 Å². The van der Waals surface area contributed by atoms with E-state index >= 15 is 0 Å². The third-order valence-corrected chi connectivity index (χ3v) is 7.77. The second-order valence-electron chi connectivity index (χ2n) is 9.04. The molecule has 0 radical (unpaired) electrons. The summed E-state index contributed by atoms with van der Waals surface area (Å²) in [7, 11) is -4.29. The number of nitrogens with one attached hydrogen (secondary N) is 1. The molecule has 0 aliphatic heterocycles. The van der Waals surface area contributed by atoms with Crippen molar-refractivity contribution in [3.63, 3.8) is 0 Å². The second-order valence-corrected chi connectivity index (χ2v) is 11.2. The number of hydrogen-bond acceptors (Lipinski definition) is 5. The van der Waals surface area contributed by atoms with E-state index in [4.69, 9.17) is 11.6 Å². The van der Waals surface area contributed by atoms with E-state index in [9.17, 15) is 34.8 Å². The Kier molecular flexibility index (Phi) is 9.04. The molecule has 0 aliphatic rings. The lowest BCUT2D eigenvalue weighted by atomic mass is 9.70. The Morgan fingerprint density at radius 2 is 1.29 bits per heavy atom. The number of rotatable bonds is 10. The lowest BCUT2D eigenvalue weighted by molar-refractivity contribution is -0.275. The van der Waals surface area contributed by atoms with Gasteiger partial charge in [0.25, 0.3) is 0 Å². The van der Waals surface area contributed by atoms with Gasteiger partial charge in [-0.25, -0.2) is 18.1 Å². The average Bonchev–Trinajstić information content (AvgIpc) is 2.90. The molecule has 1 heterocycles. The smallest absolute Gasteiger partial charge is 0.406 e. The van der Waals surface area contributed by atoms with Crippen LogP contribution >= 0.6 is 11.6 Å². The number of ether oxygens (including phenoxy) is 2. The largest absolute Gasteiger partial charge is 0.573 e. The molecule has 0 aliphatic carbocycles. The normalized spacial score (nSPS) is 12.6. The molecule has 222 valence electrons. The Morgan fingerprint density at radius 1 is 0.738 bits per heavy atom. The maximum absolute atomic E-state index is 13.3. The summed E-state index contributed by atoms with van der Waals surface area (Å²) in [5.41, 5.74) is -0.734. The number of benzene rings is 3. The molecule has 1 N–H and O–H groups in total. The van der Waals surface area contributed by atoms with Gasteiger partial charge in [-0.15, -0.1) is 26.3 Å². The molecule has 6 nitrogen and oxygen atoms in total. The molecule has 0 saturated carbocycles. The first-order valence-corrected chi connectivity index (χ1v) is 13.9. The van der Waals surface area contributed by atoms with Crippen molar-refractivity contribution in [2.75, 3.05) is 6.54 Å². The van der Waals surface area contributed by atoms with Crippen LogP contribution in [0.15, 0.2) is 102 Å².